The molecule has 10 N–H and O–H groups in total. The zero-order chi connectivity index (χ0) is 44.9. The Morgan fingerprint density at radius 2 is 1.14 bits per heavy atom. The van der Waals surface area contributed by atoms with Crippen molar-refractivity contribution in [2.45, 2.75) is 202 Å². The van der Waals surface area contributed by atoms with Gasteiger partial charge >= 0.3 is 0 Å². The number of hydrogen-bond donors (Lipinski definition) is 10. The van der Waals surface area contributed by atoms with Crippen LogP contribution < -0.4 is 0 Å². The molecule has 0 unspecified atom stereocenters. The number of aliphatic hydroxyl groups is 10. The van der Waals surface area contributed by atoms with Crippen molar-refractivity contribution >= 4 is 0 Å². The van der Waals surface area contributed by atoms with Gasteiger partial charge in [-0.15, -0.1) is 0 Å². The van der Waals surface area contributed by atoms with E-state index in [1.807, 2.05) is 0 Å². The highest BCUT2D eigenvalue weighted by Crippen LogP contribution is 2.71. The minimum absolute atomic E-state index is 0.0658. The molecule has 5 aliphatic heterocycles. The minimum atomic E-state index is -1.87. The standard InChI is InChI=1S/C45H74O18/c1-19-7-12-45(56-18-19)20(2)30-26(63-45)14-25-23-6-5-21-13-22(8-10-43(21,3)24(23)9-11-44(25,30)4)57-42-39(62-41-37(55)35(53)32(50)28(16-47)59-41)38(33(51)29(17-48)60-42)61-40-36(54)34(52)31(49)27(15-46)58-40/h19-42,46-55H,5-18H2,1-4H3/t19-,20+,21-,22+,23-,24+,25+,26+,27-,28-,29-,30+,31-,32-,33-,34+,35+,36-,37-,38+,39-,40+,41+,42-,43+,44+,45-/m1/s1. The summed E-state index contributed by atoms with van der Waals surface area (Å²) >= 11 is 0. The van der Waals surface area contributed by atoms with Crippen LogP contribution in [-0.4, -0.2) is 188 Å². The van der Waals surface area contributed by atoms with E-state index in [2.05, 4.69) is 27.7 Å². The van der Waals surface area contributed by atoms with Crippen LogP contribution in [0.1, 0.15) is 91.9 Å². The molecule has 4 saturated carbocycles. The first-order valence-corrected chi connectivity index (χ1v) is 23.8. The highest BCUT2D eigenvalue weighted by molar-refractivity contribution is 5.15. The van der Waals surface area contributed by atoms with Gasteiger partial charge in [-0.25, -0.2) is 0 Å². The number of rotatable bonds is 9. The zero-order valence-corrected chi connectivity index (χ0v) is 37.0. The summed E-state index contributed by atoms with van der Waals surface area (Å²) < 4.78 is 50.2. The van der Waals surface area contributed by atoms with Crippen LogP contribution in [0.2, 0.25) is 0 Å². The zero-order valence-electron chi connectivity index (χ0n) is 37.0. The van der Waals surface area contributed by atoms with Gasteiger partial charge in [-0.05, 0) is 104 Å². The molecule has 0 aromatic heterocycles. The smallest absolute Gasteiger partial charge is 0.187 e. The Bertz CT molecular complexity index is 1570. The average molecular weight is 903 g/mol. The SMILES string of the molecule is C[C@@H]1CC[C@@]2(OC1)O[C@H]1C[C@H]3[C@@H]4CC[C@@H]5C[C@@H](O[C@@H]6O[C@H](CO)[C@@H](O)[C@H](O[C@@H]7O[C@H](CO)[C@@H](O)[C@H](O)[C@H]7O)[C@H]6O[C@@H]6O[C@H](CO)[C@@H](O)[C@H](O)[C@H]6O)CC[C@]5(C)[C@H]4CC[C@]3(C)[C@H]1[C@@H]2C. The van der Waals surface area contributed by atoms with E-state index in [1.165, 1.54) is 0 Å². The Balaban J connectivity index is 0.925. The topological polar surface area (TPSA) is 276 Å². The summed E-state index contributed by atoms with van der Waals surface area (Å²) in [7, 11) is 0. The van der Waals surface area contributed by atoms with Gasteiger partial charge in [0, 0.05) is 12.3 Å². The van der Waals surface area contributed by atoms with Crippen LogP contribution in [0, 0.1) is 52.3 Å². The van der Waals surface area contributed by atoms with Crippen molar-refractivity contribution in [3.05, 3.63) is 0 Å². The van der Waals surface area contributed by atoms with Crippen molar-refractivity contribution in [2.75, 3.05) is 26.4 Å². The fourth-order valence-electron chi connectivity index (χ4n) is 14.7. The average Bonchev–Trinajstić information content (AvgIpc) is 3.72. The van der Waals surface area contributed by atoms with Crippen LogP contribution in [0.15, 0.2) is 0 Å². The van der Waals surface area contributed by atoms with E-state index in [-0.39, 0.29) is 23.0 Å². The number of hydrogen-bond acceptors (Lipinski definition) is 18. The quantitative estimate of drug-likeness (QED) is 0.128. The second-order valence-electron chi connectivity index (χ2n) is 21.5. The fourth-order valence-corrected chi connectivity index (χ4v) is 14.7. The first-order valence-electron chi connectivity index (χ1n) is 23.8. The normalized spacial score (nSPS) is 58.2. The third-order valence-electron chi connectivity index (χ3n) is 18.3. The fraction of sp³-hybridized carbons (Fsp3) is 1.00. The molecular weight excluding hydrogens is 828 g/mol. The van der Waals surface area contributed by atoms with Crippen LogP contribution >= 0.6 is 0 Å². The lowest BCUT2D eigenvalue weighted by Crippen LogP contribution is -2.67. The molecule has 18 heteroatoms. The van der Waals surface area contributed by atoms with Crippen molar-refractivity contribution in [2.24, 2.45) is 52.3 Å². The highest BCUT2D eigenvalue weighted by atomic mass is 16.8. The van der Waals surface area contributed by atoms with Crippen molar-refractivity contribution in [3.63, 3.8) is 0 Å². The lowest BCUT2D eigenvalue weighted by Gasteiger charge is -2.61. The third kappa shape index (κ3) is 7.88. The molecule has 0 radical (unpaired) electrons. The molecule has 18 nitrogen and oxygen atoms in total. The first-order chi connectivity index (χ1) is 30.0. The van der Waals surface area contributed by atoms with Gasteiger partial charge in [0.05, 0.1) is 38.6 Å². The van der Waals surface area contributed by atoms with E-state index in [1.54, 1.807) is 0 Å². The van der Waals surface area contributed by atoms with E-state index in [0.717, 1.165) is 58.0 Å². The van der Waals surface area contributed by atoms with E-state index in [4.69, 9.17) is 37.9 Å². The second kappa shape index (κ2) is 18.0. The Morgan fingerprint density at radius 3 is 1.75 bits per heavy atom. The Hall–Kier alpha value is -0.720. The van der Waals surface area contributed by atoms with Crippen LogP contribution in [0.25, 0.3) is 0 Å². The maximum Gasteiger partial charge on any atom is 0.187 e. The summed E-state index contributed by atoms with van der Waals surface area (Å²) in [6.07, 6.45) is -14.7. The van der Waals surface area contributed by atoms with Gasteiger partial charge < -0.3 is 89.0 Å². The lowest BCUT2D eigenvalue weighted by molar-refractivity contribution is -0.396. The van der Waals surface area contributed by atoms with Gasteiger partial charge in [-0.2, -0.15) is 0 Å². The monoisotopic (exact) mass is 902 g/mol. The molecule has 27 atom stereocenters. The third-order valence-corrected chi connectivity index (χ3v) is 18.3. The number of ether oxygens (including phenoxy) is 8. The summed E-state index contributed by atoms with van der Waals surface area (Å²) in [5, 5.41) is 106. The summed E-state index contributed by atoms with van der Waals surface area (Å²) in [6, 6.07) is 0. The molecule has 0 aromatic carbocycles. The Kier molecular flexibility index (Phi) is 13.5. The molecule has 0 aromatic rings. The maximum absolute atomic E-state index is 11.6. The predicted molar refractivity (Wildman–Crippen MR) is 216 cm³/mol. The van der Waals surface area contributed by atoms with Crippen molar-refractivity contribution in [3.8, 4) is 0 Å². The molecule has 63 heavy (non-hydrogen) atoms. The molecule has 5 saturated heterocycles. The summed E-state index contributed by atoms with van der Waals surface area (Å²) in [4.78, 5) is 0. The molecule has 0 amide bonds. The molecule has 1 spiro atoms. The van der Waals surface area contributed by atoms with E-state index in [0.29, 0.717) is 54.3 Å². The molecule has 4 aliphatic carbocycles. The Labute approximate surface area is 369 Å². The van der Waals surface area contributed by atoms with Crippen LogP contribution in [-0.2, 0) is 37.9 Å². The molecule has 9 rings (SSSR count). The van der Waals surface area contributed by atoms with Crippen molar-refractivity contribution in [1.29, 1.82) is 0 Å². The molecule has 0 bridgehead atoms. The number of fused-ring (bicyclic) bond motifs is 7. The molecule has 5 heterocycles. The first kappa shape index (κ1) is 47.4. The van der Waals surface area contributed by atoms with Gasteiger partial charge in [0.2, 0.25) is 0 Å². The van der Waals surface area contributed by atoms with Gasteiger partial charge in [0.25, 0.3) is 0 Å². The predicted octanol–water partition coefficient (Wildman–Crippen LogP) is -0.734. The van der Waals surface area contributed by atoms with E-state index >= 15 is 0 Å². The summed E-state index contributed by atoms with van der Waals surface area (Å²) in [5.74, 6) is 2.99. The van der Waals surface area contributed by atoms with Gasteiger partial charge in [0.15, 0.2) is 24.7 Å². The van der Waals surface area contributed by atoms with Crippen LogP contribution in [0.4, 0.5) is 0 Å². The number of aliphatic hydroxyl groups excluding tert-OH is 10. The minimum Gasteiger partial charge on any atom is -0.394 e. The van der Waals surface area contributed by atoms with Gasteiger partial charge in [-0.1, -0.05) is 27.7 Å². The molecule has 9 aliphatic rings. The molecule has 362 valence electrons. The Morgan fingerprint density at radius 1 is 0.556 bits per heavy atom. The summed E-state index contributed by atoms with van der Waals surface area (Å²) in [5.41, 5.74) is 0.261. The van der Waals surface area contributed by atoms with Crippen LogP contribution in [0.3, 0.4) is 0 Å². The second-order valence-corrected chi connectivity index (χ2v) is 21.5. The van der Waals surface area contributed by atoms with E-state index < -0.39 is 118 Å². The van der Waals surface area contributed by atoms with Gasteiger partial charge in [-0.3, -0.25) is 0 Å². The van der Waals surface area contributed by atoms with Crippen LogP contribution in [0.5, 0.6) is 0 Å². The molecular formula is C45H74O18. The van der Waals surface area contributed by atoms with Crippen molar-refractivity contribution in [1.82, 2.24) is 0 Å². The summed E-state index contributed by atoms with van der Waals surface area (Å²) in [6.45, 7) is 8.21. The van der Waals surface area contributed by atoms with E-state index in [9.17, 15) is 51.1 Å². The maximum atomic E-state index is 11.6. The highest BCUT2D eigenvalue weighted by Gasteiger charge is 2.69. The van der Waals surface area contributed by atoms with Gasteiger partial charge in [0.1, 0.15) is 73.2 Å². The largest absolute Gasteiger partial charge is 0.394 e. The van der Waals surface area contributed by atoms with Crippen molar-refractivity contribution < 1.29 is 89.0 Å². The molecule has 9 fully saturated rings. The lowest BCUT2D eigenvalue weighted by atomic mass is 9.44.